The van der Waals surface area contributed by atoms with Crippen molar-refractivity contribution in [3.8, 4) is 0 Å². The largest absolute Gasteiger partial charge is 0.384 e. The summed E-state index contributed by atoms with van der Waals surface area (Å²) < 4.78 is 6.48. The molecule has 4 heteroatoms. The average molecular weight is 341 g/mol. The molecule has 0 aromatic heterocycles. The fourth-order valence-corrected chi connectivity index (χ4v) is 3.35. The van der Waals surface area contributed by atoms with Crippen LogP contribution in [0.5, 0.6) is 0 Å². The van der Waals surface area contributed by atoms with Gasteiger partial charge in [-0.2, -0.15) is 0 Å². The summed E-state index contributed by atoms with van der Waals surface area (Å²) in [6.45, 7) is 5.32. The van der Waals surface area contributed by atoms with Crippen molar-refractivity contribution < 1.29 is 4.74 Å². The van der Waals surface area contributed by atoms with Crippen LogP contribution in [0.25, 0.3) is 0 Å². The van der Waals surface area contributed by atoms with E-state index < -0.39 is 0 Å². The molecule has 0 amide bonds. The van der Waals surface area contributed by atoms with Gasteiger partial charge in [-0.05, 0) is 56.5 Å². The summed E-state index contributed by atoms with van der Waals surface area (Å²) in [5.41, 5.74) is 2.72. The highest BCUT2D eigenvalue weighted by molar-refractivity contribution is 9.10. The molecular formula is C16H25BrN2O. The number of halogens is 1. The van der Waals surface area contributed by atoms with Crippen molar-refractivity contribution in [1.82, 2.24) is 5.32 Å². The quantitative estimate of drug-likeness (QED) is 0.886. The zero-order valence-electron chi connectivity index (χ0n) is 12.7. The molecule has 1 aromatic carbocycles. The Morgan fingerprint density at radius 3 is 3.00 bits per heavy atom. The Labute approximate surface area is 130 Å². The Hall–Kier alpha value is -0.580. The molecule has 2 unspecified atom stereocenters. The van der Waals surface area contributed by atoms with Gasteiger partial charge in [0.05, 0.1) is 6.61 Å². The monoisotopic (exact) mass is 340 g/mol. The number of nitrogens with one attached hydrogen (secondary N) is 1. The smallest absolute Gasteiger partial charge is 0.0507 e. The summed E-state index contributed by atoms with van der Waals surface area (Å²) >= 11 is 3.59. The number of benzene rings is 1. The van der Waals surface area contributed by atoms with Gasteiger partial charge < -0.3 is 15.0 Å². The maximum absolute atomic E-state index is 5.34. The fourth-order valence-electron chi connectivity index (χ4n) is 2.97. The molecule has 20 heavy (non-hydrogen) atoms. The van der Waals surface area contributed by atoms with Gasteiger partial charge in [0.1, 0.15) is 0 Å². The number of hydrogen-bond acceptors (Lipinski definition) is 3. The zero-order chi connectivity index (χ0) is 14.5. The van der Waals surface area contributed by atoms with Crippen molar-refractivity contribution in [2.45, 2.75) is 25.8 Å². The van der Waals surface area contributed by atoms with E-state index in [0.717, 1.165) is 24.2 Å². The van der Waals surface area contributed by atoms with Crippen LogP contribution >= 0.6 is 15.9 Å². The highest BCUT2D eigenvalue weighted by atomic mass is 79.9. The number of rotatable bonds is 5. The van der Waals surface area contributed by atoms with Crippen LogP contribution in [0.3, 0.4) is 0 Å². The molecule has 1 aliphatic heterocycles. The van der Waals surface area contributed by atoms with Crippen molar-refractivity contribution in [1.29, 1.82) is 0 Å². The molecule has 1 aliphatic rings. The number of methoxy groups -OCH3 is 1. The first-order valence-corrected chi connectivity index (χ1v) is 8.15. The third kappa shape index (κ3) is 3.74. The standard InChI is InChI=1S/C16H25BrN2O/c1-12(18-2)15-9-14(17)6-7-16(15)19-8-4-5-13(10-19)11-20-3/h6-7,9,12-13,18H,4-5,8,10-11H2,1-3H3. The van der Waals surface area contributed by atoms with E-state index in [1.165, 1.54) is 24.1 Å². The number of hydrogen-bond donors (Lipinski definition) is 1. The summed E-state index contributed by atoms with van der Waals surface area (Å²) in [5.74, 6) is 0.648. The first kappa shape index (κ1) is 15.8. The van der Waals surface area contributed by atoms with Gasteiger partial charge >= 0.3 is 0 Å². The lowest BCUT2D eigenvalue weighted by atomic mass is 9.96. The lowest BCUT2D eigenvalue weighted by Crippen LogP contribution is -2.38. The second-order valence-corrected chi connectivity index (χ2v) is 6.54. The Morgan fingerprint density at radius 1 is 1.50 bits per heavy atom. The van der Waals surface area contributed by atoms with Crippen LogP contribution in [0.1, 0.15) is 31.4 Å². The van der Waals surface area contributed by atoms with Gasteiger partial charge in [0.15, 0.2) is 0 Å². The van der Waals surface area contributed by atoms with Gasteiger partial charge in [0.2, 0.25) is 0 Å². The van der Waals surface area contributed by atoms with Crippen molar-refractivity contribution in [2.75, 3.05) is 38.8 Å². The summed E-state index contributed by atoms with van der Waals surface area (Å²) in [5, 5.41) is 3.35. The molecule has 2 rings (SSSR count). The maximum Gasteiger partial charge on any atom is 0.0507 e. The topological polar surface area (TPSA) is 24.5 Å². The summed E-state index contributed by atoms with van der Waals surface area (Å²) in [6, 6.07) is 6.96. The molecule has 1 fully saturated rings. The van der Waals surface area contributed by atoms with E-state index in [2.05, 4.69) is 51.3 Å². The second kappa shape index (κ2) is 7.43. The molecule has 1 saturated heterocycles. The highest BCUT2D eigenvalue weighted by Gasteiger charge is 2.22. The minimum absolute atomic E-state index is 0.352. The van der Waals surface area contributed by atoms with E-state index in [-0.39, 0.29) is 0 Å². The molecular weight excluding hydrogens is 316 g/mol. The van der Waals surface area contributed by atoms with Crippen LogP contribution in [0.15, 0.2) is 22.7 Å². The Morgan fingerprint density at radius 2 is 2.30 bits per heavy atom. The zero-order valence-corrected chi connectivity index (χ0v) is 14.2. The molecule has 0 radical (unpaired) electrons. The lowest BCUT2D eigenvalue weighted by Gasteiger charge is -2.36. The number of nitrogens with zero attached hydrogens (tertiary/aromatic N) is 1. The Balaban J connectivity index is 2.22. The molecule has 1 heterocycles. The predicted molar refractivity (Wildman–Crippen MR) is 88.4 cm³/mol. The van der Waals surface area contributed by atoms with Gasteiger partial charge in [0, 0.05) is 36.4 Å². The molecule has 0 aliphatic carbocycles. The third-order valence-electron chi connectivity index (χ3n) is 4.15. The first-order chi connectivity index (χ1) is 9.65. The normalized spacial score (nSPS) is 21.0. The highest BCUT2D eigenvalue weighted by Crippen LogP contribution is 2.32. The van der Waals surface area contributed by atoms with E-state index in [0.29, 0.717) is 12.0 Å². The van der Waals surface area contributed by atoms with Crippen LogP contribution in [-0.2, 0) is 4.74 Å². The van der Waals surface area contributed by atoms with E-state index in [4.69, 9.17) is 4.74 Å². The van der Waals surface area contributed by atoms with Crippen LogP contribution in [-0.4, -0.2) is 33.9 Å². The van der Waals surface area contributed by atoms with Gasteiger partial charge in [-0.3, -0.25) is 0 Å². The van der Waals surface area contributed by atoms with Crippen molar-refractivity contribution in [3.05, 3.63) is 28.2 Å². The minimum atomic E-state index is 0.352. The average Bonchev–Trinajstić information content (AvgIpc) is 2.47. The molecule has 0 spiro atoms. The summed E-state index contributed by atoms with van der Waals surface area (Å²) in [6.07, 6.45) is 2.52. The van der Waals surface area contributed by atoms with Crippen molar-refractivity contribution >= 4 is 21.6 Å². The summed E-state index contributed by atoms with van der Waals surface area (Å²) in [4.78, 5) is 2.52. The van der Waals surface area contributed by atoms with Crippen LogP contribution in [0, 0.1) is 5.92 Å². The summed E-state index contributed by atoms with van der Waals surface area (Å²) in [7, 11) is 3.81. The fraction of sp³-hybridized carbons (Fsp3) is 0.625. The van der Waals surface area contributed by atoms with Gasteiger partial charge in [-0.25, -0.2) is 0 Å². The van der Waals surface area contributed by atoms with Gasteiger partial charge in [0.25, 0.3) is 0 Å². The van der Waals surface area contributed by atoms with Gasteiger partial charge in [-0.1, -0.05) is 15.9 Å². The van der Waals surface area contributed by atoms with Crippen LogP contribution in [0.2, 0.25) is 0 Å². The van der Waals surface area contributed by atoms with E-state index >= 15 is 0 Å². The first-order valence-electron chi connectivity index (χ1n) is 7.36. The minimum Gasteiger partial charge on any atom is -0.384 e. The van der Waals surface area contributed by atoms with E-state index in [1.807, 2.05) is 7.05 Å². The Bertz CT molecular complexity index is 436. The maximum atomic E-state index is 5.34. The molecule has 1 aromatic rings. The molecule has 2 atom stereocenters. The molecule has 1 N–H and O–H groups in total. The molecule has 112 valence electrons. The molecule has 0 saturated carbocycles. The lowest BCUT2D eigenvalue weighted by molar-refractivity contribution is 0.143. The number of piperidine rings is 1. The molecule has 0 bridgehead atoms. The van der Waals surface area contributed by atoms with E-state index in [1.54, 1.807) is 7.11 Å². The SMILES string of the molecule is CNC(C)c1cc(Br)ccc1N1CCCC(COC)C1. The number of anilines is 1. The van der Waals surface area contributed by atoms with Crippen LogP contribution < -0.4 is 10.2 Å². The van der Waals surface area contributed by atoms with Gasteiger partial charge in [-0.15, -0.1) is 0 Å². The van der Waals surface area contributed by atoms with Crippen molar-refractivity contribution in [2.24, 2.45) is 5.92 Å². The third-order valence-corrected chi connectivity index (χ3v) is 4.64. The van der Waals surface area contributed by atoms with E-state index in [9.17, 15) is 0 Å². The Kier molecular flexibility index (Phi) is 5.87. The predicted octanol–water partition coefficient (Wildman–Crippen LogP) is 3.59. The number of ether oxygens (including phenoxy) is 1. The molecule has 3 nitrogen and oxygen atoms in total. The van der Waals surface area contributed by atoms with Crippen LogP contribution in [0.4, 0.5) is 5.69 Å². The van der Waals surface area contributed by atoms with Crippen molar-refractivity contribution in [3.63, 3.8) is 0 Å². The second-order valence-electron chi connectivity index (χ2n) is 5.62.